The molecule has 0 aromatic carbocycles. The van der Waals surface area contributed by atoms with E-state index in [4.69, 9.17) is 0 Å². The minimum absolute atomic E-state index is 0.127. The van der Waals surface area contributed by atoms with Gasteiger partial charge in [-0.2, -0.15) is 5.10 Å². The Morgan fingerprint density at radius 3 is 2.80 bits per heavy atom. The van der Waals surface area contributed by atoms with Crippen LogP contribution >= 0.6 is 15.9 Å². The molecule has 1 aromatic rings. The van der Waals surface area contributed by atoms with E-state index in [1.807, 2.05) is 6.92 Å². The van der Waals surface area contributed by atoms with E-state index in [1.165, 1.54) is 5.69 Å². The van der Waals surface area contributed by atoms with Gasteiger partial charge >= 0.3 is 0 Å². The molecule has 1 fully saturated rings. The Morgan fingerprint density at radius 2 is 2.25 bits per heavy atom. The molecular formula is C15H26BrN3O. The molecule has 0 aliphatic heterocycles. The zero-order chi connectivity index (χ0) is 14.8. The Labute approximate surface area is 130 Å². The molecule has 20 heavy (non-hydrogen) atoms. The monoisotopic (exact) mass is 343 g/mol. The average Bonchev–Trinajstić information content (AvgIpc) is 2.73. The molecule has 0 amide bonds. The van der Waals surface area contributed by atoms with Crippen LogP contribution in [0.15, 0.2) is 4.47 Å². The first-order chi connectivity index (χ1) is 9.53. The molecule has 114 valence electrons. The largest absolute Gasteiger partial charge is 0.394 e. The Morgan fingerprint density at radius 1 is 1.50 bits per heavy atom. The van der Waals surface area contributed by atoms with Gasteiger partial charge in [0.1, 0.15) is 0 Å². The highest BCUT2D eigenvalue weighted by molar-refractivity contribution is 9.10. The van der Waals surface area contributed by atoms with E-state index in [-0.39, 0.29) is 12.1 Å². The Bertz CT molecular complexity index is 460. The van der Waals surface area contributed by atoms with Crippen LogP contribution in [-0.2, 0) is 0 Å². The maximum atomic E-state index is 9.86. The zero-order valence-corrected chi connectivity index (χ0v) is 14.3. The number of aromatic nitrogens is 2. The summed E-state index contributed by atoms with van der Waals surface area (Å²) >= 11 is 3.61. The molecule has 2 unspecified atom stereocenters. The fourth-order valence-corrected chi connectivity index (χ4v) is 3.55. The highest BCUT2D eigenvalue weighted by Crippen LogP contribution is 2.37. The number of halogens is 1. The Hall–Kier alpha value is -0.390. The number of aliphatic hydroxyl groups is 1. The summed E-state index contributed by atoms with van der Waals surface area (Å²) in [6.07, 6.45) is 5.39. The lowest BCUT2D eigenvalue weighted by Crippen LogP contribution is -2.52. The summed E-state index contributed by atoms with van der Waals surface area (Å²) in [5.41, 5.74) is 2.11. The molecule has 2 N–H and O–H groups in total. The van der Waals surface area contributed by atoms with E-state index in [0.717, 1.165) is 48.8 Å². The molecular weight excluding hydrogens is 318 g/mol. The van der Waals surface area contributed by atoms with Crippen LogP contribution in [0.2, 0.25) is 0 Å². The molecule has 1 aliphatic rings. The SMILES string of the molecule is CCCNC1(CO)CCCC(n2nc(C)c(Br)c2C)C1. The fraction of sp³-hybridized carbons (Fsp3) is 0.800. The average molecular weight is 344 g/mol. The topological polar surface area (TPSA) is 50.1 Å². The van der Waals surface area contributed by atoms with Gasteiger partial charge in [-0.05, 0) is 68.4 Å². The van der Waals surface area contributed by atoms with Crippen molar-refractivity contribution in [2.75, 3.05) is 13.2 Å². The first-order valence-corrected chi connectivity index (χ1v) is 8.39. The molecule has 0 bridgehead atoms. The predicted octanol–water partition coefficient (Wildman–Crippen LogP) is 3.11. The van der Waals surface area contributed by atoms with E-state index in [1.54, 1.807) is 0 Å². The van der Waals surface area contributed by atoms with Crippen LogP contribution in [0.1, 0.15) is 56.5 Å². The van der Waals surface area contributed by atoms with Gasteiger partial charge in [-0.1, -0.05) is 6.92 Å². The quantitative estimate of drug-likeness (QED) is 0.863. The summed E-state index contributed by atoms with van der Waals surface area (Å²) < 4.78 is 3.26. The van der Waals surface area contributed by atoms with Crippen LogP contribution in [0.3, 0.4) is 0 Å². The molecule has 1 heterocycles. The first kappa shape index (κ1) is 16.0. The van der Waals surface area contributed by atoms with Gasteiger partial charge in [0, 0.05) is 5.54 Å². The van der Waals surface area contributed by atoms with Gasteiger partial charge in [-0.25, -0.2) is 0 Å². The van der Waals surface area contributed by atoms with Gasteiger partial charge in [-0.15, -0.1) is 0 Å². The summed E-state index contributed by atoms with van der Waals surface area (Å²) in [4.78, 5) is 0. The van der Waals surface area contributed by atoms with Crippen LogP contribution in [0, 0.1) is 13.8 Å². The normalized spacial score (nSPS) is 26.9. The highest BCUT2D eigenvalue weighted by Gasteiger charge is 2.36. The predicted molar refractivity (Wildman–Crippen MR) is 85.0 cm³/mol. The summed E-state index contributed by atoms with van der Waals surface area (Å²) in [5.74, 6) is 0. The van der Waals surface area contributed by atoms with Gasteiger partial charge in [0.25, 0.3) is 0 Å². The van der Waals surface area contributed by atoms with Crippen molar-refractivity contribution in [2.24, 2.45) is 0 Å². The number of aliphatic hydroxyl groups excluding tert-OH is 1. The van der Waals surface area contributed by atoms with E-state index in [9.17, 15) is 5.11 Å². The van der Waals surface area contributed by atoms with Gasteiger partial charge in [0.2, 0.25) is 0 Å². The molecule has 4 nitrogen and oxygen atoms in total. The Balaban J connectivity index is 2.18. The van der Waals surface area contributed by atoms with Crippen LogP contribution in [0.5, 0.6) is 0 Å². The van der Waals surface area contributed by atoms with Crippen molar-refractivity contribution >= 4 is 15.9 Å². The molecule has 0 spiro atoms. The first-order valence-electron chi connectivity index (χ1n) is 7.60. The number of nitrogens with one attached hydrogen (secondary N) is 1. The molecule has 1 saturated carbocycles. The number of hydrogen-bond donors (Lipinski definition) is 2. The van der Waals surface area contributed by atoms with E-state index in [0.29, 0.717) is 6.04 Å². The van der Waals surface area contributed by atoms with E-state index < -0.39 is 0 Å². The molecule has 0 radical (unpaired) electrons. The third-order valence-electron chi connectivity index (χ3n) is 4.45. The van der Waals surface area contributed by atoms with Crippen LogP contribution in [-0.4, -0.2) is 33.6 Å². The molecule has 1 aromatic heterocycles. The number of aryl methyl sites for hydroxylation is 1. The summed E-state index contributed by atoms with van der Waals surface area (Å²) in [5, 5.41) is 18.1. The second-order valence-electron chi connectivity index (χ2n) is 6.04. The highest BCUT2D eigenvalue weighted by atomic mass is 79.9. The lowest BCUT2D eigenvalue weighted by atomic mass is 9.79. The number of hydrogen-bond acceptors (Lipinski definition) is 3. The summed E-state index contributed by atoms with van der Waals surface area (Å²) in [7, 11) is 0. The Kier molecular flexibility index (Phi) is 5.26. The van der Waals surface area contributed by atoms with Crippen molar-refractivity contribution in [1.82, 2.24) is 15.1 Å². The smallest absolute Gasteiger partial charge is 0.0738 e. The standard InChI is InChI=1S/C15H26BrN3O/c1-4-8-17-15(10-20)7-5-6-13(9-15)19-12(3)14(16)11(2)18-19/h13,17,20H,4-10H2,1-3H3. The van der Waals surface area contributed by atoms with Crippen molar-refractivity contribution in [3.8, 4) is 0 Å². The lowest BCUT2D eigenvalue weighted by Gasteiger charge is -2.41. The maximum absolute atomic E-state index is 9.86. The van der Waals surface area contributed by atoms with E-state index in [2.05, 4.69) is 44.9 Å². The van der Waals surface area contributed by atoms with Crippen molar-refractivity contribution in [3.05, 3.63) is 15.9 Å². The van der Waals surface area contributed by atoms with Gasteiger partial charge < -0.3 is 10.4 Å². The van der Waals surface area contributed by atoms with Crippen molar-refractivity contribution in [1.29, 1.82) is 0 Å². The van der Waals surface area contributed by atoms with Gasteiger partial charge in [0.15, 0.2) is 0 Å². The third-order valence-corrected chi connectivity index (χ3v) is 5.60. The third kappa shape index (κ3) is 3.10. The van der Waals surface area contributed by atoms with Crippen LogP contribution in [0.25, 0.3) is 0 Å². The molecule has 1 aliphatic carbocycles. The second kappa shape index (κ2) is 6.58. The van der Waals surface area contributed by atoms with Crippen molar-refractivity contribution < 1.29 is 5.11 Å². The second-order valence-corrected chi connectivity index (χ2v) is 6.84. The minimum Gasteiger partial charge on any atom is -0.394 e. The molecule has 0 saturated heterocycles. The van der Waals surface area contributed by atoms with E-state index >= 15 is 0 Å². The molecule has 5 heteroatoms. The summed E-state index contributed by atoms with van der Waals surface area (Å²) in [6, 6.07) is 0.380. The minimum atomic E-state index is -0.127. The van der Waals surface area contributed by atoms with Gasteiger partial charge in [-0.3, -0.25) is 4.68 Å². The molecule has 2 atom stereocenters. The fourth-order valence-electron chi connectivity index (χ4n) is 3.29. The maximum Gasteiger partial charge on any atom is 0.0738 e. The number of rotatable bonds is 5. The van der Waals surface area contributed by atoms with Gasteiger partial charge in [0.05, 0.1) is 28.5 Å². The van der Waals surface area contributed by atoms with Crippen molar-refractivity contribution in [2.45, 2.75) is 64.5 Å². The van der Waals surface area contributed by atoms with Crippen LogP contribution in [0.4, 0.5) is 0 Å². The molecule has 2 rings (SSSR count). The zero-order valence-electron chi connectivity index (χ0n) is 12.7. The van der Waals surface area contributed by atoms with Crippen molar-refractivity contribution in [3.63, 3.8) is 0 Å². The lowest BCUT2D eigenvalue weighted by molar-refractivity contribution is 0.0940. The summed E-state index contributed by atoms with van der Waals surface area (Å²) in [6.45, 7) is 7.48. The number of nitrogens with zero attached hydrogens (tertiary/aromatic N) is 2. The van der Waals surface area contributed by atoms with Crippen LogP contribution < -0.4 is 5.32 Å².